The minimum atomic E-state index is -0.150. The lowest BCUT2D eigenvalue weighted by Gasteiger charge is -2.09. The molecule has 1 amide bonds. The fourth-order valence-corrected chi connectivity index (χ4v) is 2.18. The summed E-state index contributed by atoms with van der Waals surface area (Å²) >= 11 is 0. The number of hydrogen-bond acceptors (Lipinski definition) is 3. The summed E-state index contributed by atoms with van der Waals surface area (Å²) in [5.41, 5.74) is 8.80. The SMILES string of the molecule is CNC(=O)c1ccc(N)c(-n2ncc3ccccc32)c1. The molecule has 0 bridgehead atoms. The fourth-order valence-electron chi connectivity index (χ4n) is 2.18. The topological polar surface area (TPSA) is 72.9 Å². The van der Waals surface area contributed by atoms with Crippen LogP contribution < -0.4 is 11.1 Å². The first-order valence-corrected chi connectivity index (χ1v) is 6.25. The van der Waals surface area contributed by atoms with E-state index < -0.39 is 0 Å². The molecule has 0 spiro atoms. The summed E-state index contributed by atoms with van der Waals surface area (Å²) in [6.07, 6.45) is 1.78. The van der Waals surface area contributed by atoms with Crippen molar-refractivity contribution in [3.8, 4) is 5.69 Å². The number of nitrogens with zero attached hydrogens (tertiary/aromatic N) is 2. The molecule has 3 rings (SSSR count). The van der Waals surface area contributed by atoms with E-state index in [0.717, 1.165) is 10.9 Å². The van der Waals surface area contributed by atoms with Crippen molar-refractivity contribution in [2.45, 2.75) is 0 Å². The summed E-state index contributed by atoms with van der Waals surface area (Å²) < 4.78 is 1.75. The van der Waals surface area contributed by atoms with Crippen LogP contribution >= 0.6 is 0 Å². The lowest BCUT2D eigenvalue weighted by atomic mass is 10.1. The number of hydrogen-bond donors (Lipinski definition) is 2. The molecule has 20 heavy (non-hydrogen) atoms. The molecule has 3 N–H and O–H groups in total. The van der Waals surface area contributed by atoms with Gasteiger partial charge < -0.3 is 11.1 Å². The first kappa shape index (κ1) is 12.2. The Labute approximate surface area is 116 Å². The molecule has 0 saturated heterocycles. The van der Waals surface area contributed by atoms with Crippen LogP contribution in [0.4, 0.5) is 5.69 Å². The van der Waals surface area contributed by atoms with Crippen LogP contribution in [0.2, 0.25) is 0 Å². The van der Waals surface area contributed by atoms with Crippen LogP contribution in [0.3, 0.4) is 0 Å². The molecule has 0 unspecified atom stereocenters. The standard InChI is InChI=1S/C15H14N4O/c1-17-15(20)10-6-7-12(16)14(8-10)19-13-5-3-2-4-11(13)9-18-19/h2-9H,16H2,1H3,(H,17,20). The highest BCUT2D eigenvalue weighted by molar-refractivity contribution is 5.95. The summed E-state index contributed by atoms with van der Waals surface area (Å²) in [5, 5.41) is 7.98. The molecule has 0 fully saturated rings. The Morgan fingerprint density at radius 2 is 2.05 bits per heavy atom. The normalized spacial score (nSPS) is 10.7. The zero-order valence-electron chi connectivity index (χ0n) is 11.0. The van der Waals surface area contributed by atoms with Gasteiger partial charge in [0.15, 0.2) is 0 Å². The van der Waals surface area contributed by atoms with E-state index in [1.54, 1.807) is 36.1 Å². The minimum absolute atomic E-state index is 0.150. The Bertz CT molecular complexity index is 791. The molecule has 0 atom stereocenters. The number of benzene rings is 2. The van der Waals surface area contributed by atoms with Gasteiger partial charge >= 0.3 is 0 Å². The summed E-state index contributed by atoms with van der Waals surface area (Å²) in [6, 6.07) is 13.0. The smallest absolute Gasteiger partial charge is 0.251 e. The van der Waals surface area contributed by atoms with Crippen molar-refractivity contribution < 1.29 is 4.79 Å². The average molecular weight is 266 g/mol. The Morgan fingerprint density at radius 3 is 2.85 bits per heavy atom. The van der Waals surface area contributed by atoms with Gasteiger partial charge in [-0.3, -0.25) is 4.79 Å². The third kappa shape index (κ3) is 1.89. The second-order valence-electron chi connectivity index (χ2n) is 4.47. The molecule has 5 nitrogen and oxygen atoms in total. The third-order valence-electron chi connectivity index (χ3n) is 3.23. The van der Waals surface area contributed by atoms with Crippen LogP contribution in [-0.4, -0.2) is 22.7 Å². The maximum atomic E-state index is 11.7. The number of carbonyl (C=O) groups excluding carboxylic acids is 1. The molecule has 3 aromatic rings. The summed E-state index contributed by atoms with van der Waals surface area (Å²) in [4.78, 5) is 11.7. The highest BCUT2D eigenvalue weighted by atomic mass is 16.1. The van der Waals surface area contributed by atoms with Crippen LogP contribution in [0.1, 0.15) is 10.4 Å². The second-order valence-corrected chi connectivity index (χ2v) is 4.47. The number of para-hydroxylation sites is 1. The Morgan fingerprint density at radius 1 is 1.25 bits per heavy atom. The van der Waals surface area contributed by atoms with Gasteiger partial charge in [0.25, 0.3) is 5.91 Å². The molecule has 0 aliphatic rings. The first-order valence-electron chi connectivity index (χ1n) is 6.25. The highest BCUT2D eigenvalue weighted by Gasteiger charge is 2.11. The number of rotatable bonds is 2. The van der Waals surface area contributed by atoms with Gasteiger partial charge in [0, 0.05) is 18.0 Å². The number of nitrogens with two attached hydrogens (primary N) is 1. The summed E-state index contributed by atoms with van der Waals surface area (Å²) in [5.74, 6) is -0.150. The van der Waals surface area contributed by atoms with Crippen molar-refractivity contribution >= 4 is 22.5 Å². The molecule has 0 radical (unpaired) electrons. The van der Waals surface area contributed by atoms with Gasteiger partial charge in [-0.1, -0.05) is 18.2 Å². The van der Waals surface area contributed by atoms with Crippen molar-refractivity contribution in [3.05, 3.63) is 54.2 Å². The van der Waals surface area contributed by atoms with Gasteiger partial charge in [0.1, 0.15) is 0 Å². The van der Waals surface area contributed by atoms with Crippen molar-refractivity contribution in [2.24, 2.45) is 0 Å². The van der Waals surface area contributed by atoms with E-state index in [0.29, 0.717) is 16.9 Å². The quantitative estimate of drug-likeness (QED) is 0.696. The van der Waals surface area contributed by atoms with Crippen molar-refractivity contribution in [1.82, 2.24) is 15.1 Å². The Kier molecular flexibility index (Phi) is 2.87. The number of fused-ring (bicyclic) bond motifs is 1. The molecule has 1 heterocycles. The molecular formula is C15H14N4O. The van der Waals surface area contributed by atoms with Gasteiger partial charge in [0.2, 0.25) is 0 Å². The van der Waals surface area contributed by atoms with Crippen molar-refractivity contribution in [1.29, 1.82) is 0 Å². The molecular weight excluding hydrogens is 252 g/mol. The van der Waals surface area contributed by atoms with Gasteiger partial charge in [-0.25, -0.2) is 4.68 Å². The molecule has 0 aliphatic heterocycles. The average Bonchev–Trinajstić information content (AvgIpc) is 2.91. The van der Waals surface area contributed by atoms with Crippen molar-refractivity contribution in [3.63, 3.8) is 0 Å². The maximum absolute atomic E-state index is 11.7. The van der Waals surface area contributed by atoms with Crippen LogP contribution in [0, 0.1) is 0 Å². The number of carbonyl (C=O) groups is 1. The van der Waals surface area contributed by atoms with Gasteiger partial charge in [0.05, 0.1) is 23.1 Å². The van der Waals surface area contributed by atoms with E-state index in [1.807, 2.05) is 24.3 Å². The van der Waals surface area contributed by atoms with E-state index in [4.69, 9.17) is 5.73 Å². The van der Waals surface area contributed by atoms with E-state index >= 15 is 0 Å². The summed E-state index contributed by atoms with van der Waals surface area (Å²) in [6.45, 7) is 0. The van der Waals surface area contributed by atoms with E-state index in [9.17, 15) is 4.79 Å². The van der Waals surface area contributed by atoms with E-state index in [2.05, 4.69) is 10.4 Å². The number of aromatic nitrogens is 2. The van der Waals surface area contributed by atoms with Crippen LogP contribution in [-0.2, 0) is 0 Å². The monoisotopic (exact) mass is 266 g/mol. The van der Waals surface area contributed by atoms with Crippen LogP contribution in [0.15, 0.2) is 48.7 Å². The lowest BCUT2D eigenvalue weighted by molar-refractivity contribution is 0.0963. The van der Waals surface area contributed by atoms with Crippen LogP contribution in [0.25, 0.3) is 16.6 Å². The van der Waals surface area contributed by atoms with Gasteiger partial charge in [-0.2, -0.15) is 5.10 Å². The zero-order valence-corrected chi connectivity index (χ0v) is 11.0. The van der Waals surface area contributed by atoms with Crippen LogP contribution in [0.5, 0.6) is 0 Å². The van der Waals surface area contributed by atoms with Gasteiger partial charge in [-0.15, -0.1) is 0 Å². The number of amides is 1. The number of anilines is 1. The second kappa shape index (κ2) is 4.70. The maximum Gasteiger partial charge on any atom is 0.251 e. The van der Waals surface area contributed by atoms with Crippen molar-refractivity contribution in [2.75, 3.05) is 12.8 Å². The number of nitrogens with one attached hydrogen (secondary N) is 1. The Hall–Kier alpha value is -2.82. The highest BCUT2D eigenvalue weighted by Crippen LogP contribution is 2.23. The third-order valence-corrected chi connectivity index (χ3v) is 3.23. The molecule has 0 saturated carbocycles. The molecule has 100 valence electrons. The molecule has 1 aromatic heterocycles. The number of nitrogen functional groups attached to an aromatic ring is 1. The molecule has 0 aliphatic carbocycles. The van der Waals surface area contributed by atoms with E-state index in [1.165, 1.54) is 0 Å². The fraction of sp³-hybridized carbons (Fsp3) is 0.0667. The zero-order chi connectivity index (χ0) is 14.1. The lowest BCUT2D eigenvalue weighted by Crippen LogP contribution is -2.18. The van der Waals surface area contributed by atoms with Gasteiger partial charge in [-0.05, 0) is 24.3 Å². The largest absolute Gasteiger partial charge is 0.397 e. The predicted octanol–water partition coefficient (Wildman–Crippen LogP) is 1.97. The molecule has 5 heteroatoms. The Balaban J connectivity index is 2.21. The molecule has 2 aromatic carbocycles. The first-order chi connectivity index (χ1) is 9.70. The summed E-state index contributed by atoms with van der Waals surface area (Å²) in [7, 11) is 1.60. The van der Waals surface area contributed by atoms with E-state index in [-0.39, 0.29) is 5.91 Å². The predicted molar refractivity (Wildman–Crippen MR) is 78.9 cm³/mol. The minimum Gasteiger partial charge on any atom is -0.397 e.